The summed E-state index contributed by atoms with van der Waals surface area (Å²) >= 11 is 2.44. The Kier molecular flexibility index (Phi) is 4.64. The summed E-state index contributed by atoms with van der Waals surface area (Å²) in [6, 6.07) is 5.46. The van der Waals surface area contributed by atoms with Crippen molar-refractivity contribution < 1.29 is 14.4 Å². The molecule has 1 aromatic rings. The van der Waals surface area contributed by atoms with Crippen LogP contribution in [0.25, 0.3) is 0 Å². The zero-order chi connectivity index (χ0) is 18.4. The molecular weight excluding hydrogens is 447 g/mol. The van der Waals surface area contributed by atoms with E-state index < -0.39 is 6.04 Å². The van der Waals surface area contributed by atoms with Crippen LogP contribution in [0.4, 0.5) is 5.69 Å². The zero-order valence-corrected chi connectivity index (χ0v) is 16.7. The van der Waals surface area contributed by atoms with Crippen LogP contribution in [0.5, 0.6) is 0 Å². The van der Waals surface area contributed by atoms with Crippen molar-refractivity contribution in [2.75, 3.05) is 31.6 Å². The number of nitrogens with zero attached hydrogens (tertiary/aromatic N) is 3. The topological polar surface area (TPSA) is 73.0 Å². The molecule has 2 unspecified atom stereocenters. The predicted octanol–water partition coefficient (Wildman–Crippen LogP) is 0.961. The summed E-state index contributed by atoms with van der Waals surface area (Å²) < 4.78 is 0.435. The molecule has 0 spiro atoms. The normalized spacial score (nSPS) is 26.9. The molecule has 1 aromatic carbocycles. The Morgan fingerprint density at radius 2 is 2.00 bits per heavy atom. The van der Waals surface area contributed by atoms with Gasteiger partial charge in [0.1, 0.15) is 6.04 Å². The highest BCUT2D eigenvalue weighted by Gasteiger charge is 2.39. The SMILES string of the molecule is CN1CCN(c2ccc3c(c2)C(=O)N(C2CCC(=O)NC2=O)C3)CC1I. The Bertz CT molecular complexity index is 784. The van der Waals surface area contributed by atoms with Gasteiger partial charge in [-0.3, -0.25) is 24.6 Å². The largest absolute Gasteiger partial charge is 0.368 e. The van der Waals surface area contributed by atoms with E-state index >= 15 is 0 Å². The van der Waals surface area contributed by atoms with Crippen LogP contribution >= 0.6 is 22.6 Å². The highest BCUT2D eigenvalue weighted by molar-refractivity contribution is 14.1. The first-order valence-corrected chi connectivity index (χ1v) is 10.1. The zero-order valence-electron chi connectivity index (χ0n) is 14.6. The number of piperidine rings is 1. The van der Waals surface area contributed by atoms with E-state index in [0.29, 0.717) is 22.6 Å². The second-order valence-electron chi connectivity index (χ2n) is 7.10. The summed E-state index contributed by atoms with van der Waals surface area (Å²) in [7, 11) is 2.12. The van der Waals surface area contributed by atoms with E-state index in [9.17, 15) is 14.4 Å². The fraction of sp³-hybridized carbons (Fsp3) is 0.500. The molecule has 2 fully saturated rings. The van der Waals surface area contributed by atoms with Crippen molar-refractivity contribution >= 4 is 46.0 Å². The van der Waals surface area contributed by atoms with Crippen molar-refractivity contribution in [1.82, 2.24) is 15.1 Å². The van der Waals surface area contributed by atoms with Crippen molar-refractivity contribution in [3.63, 3.8) is 0 Å². The lowest BCUT2D eigenvalue weighted by Crippen LogP contribution is -2.52. The summed E-state index contributed by atoms with van der Waals surface area (Å²) in [6.45, 7) is 3.26. The minimum absolute atomic E-state index is 0.114. The summed E-state index contributed by atoms with van der Waals surface area (Å²) in [5.41, 5.74) is 2.68. The van der Waals surface area contributed by atoms with Gasteiger partial charge in [-0.15, -0.1) is 0 Å². The van der Waals surface area contributed by atoms with Gasteiger partial charge in [0.2, 0.25) is 11.8 Å². The number of anilines is 1. The molecule has 0 aliphatic carbocycles. The van der Waals surface area contributed by atoms with Gasteiger partial charge in [-0.1, -0.05) is 28.7 Å². The number of imide groups is 1. The Labute approximate surface area is 165 Å². The van der Waals surface area contributed by atoms with Gasteiger partial charge < -0.3 is 9.80 Å². The number of benzene rings is 1. The molecule has 0 radical (unpaired) electrons. The maximum Gasteiger partial charge on any atom is 0.255 e. The number of piperazine rings is 1. The quantitative estimate of drug-likeness (QED) is 0.303. The van der Waals surface area contributed by atoms with Gasteiger partial charge in [0.15, 0.2) is 0 Å². The fourth-order valence-corrected chi connectivity index (χ4v) is 4.56. The van der Waals surface area contributed by atoms with E-state index in [1.165, 1.54) is 0 Å². The predicted molar refractivity (Wildman–Crippen MR) is 105 cm³/mol. The number of carbonyl (C=O) groups excluding carboxylic acids is 3. The molecule has 0 saturated carbocycles. The highest BCUT2D eigenvalue weighted by atomic mass is 127. The van der Waals surface area contributed by atoms with Crippen LogP contribution in [-0.2, 0) is 16.1 Å². The third-order valence-electron chi connectivity index (χ3n) is 5.45. The van der Waals surface area contributed by atoms with Gasteiger partial charge in [0, 0.05) is 43.9 Å². The van der Waals surface area contributed by atoms with Gasteiger partial charge in [0.05, 0.1) is 4.05 Å². The first-order chi connectivity index (χ1) is 12.4. The second kappa shape index (κ2) is 6.80. The number of amides is 3. The van der Waals surface area contributed by atoms with Gasteiger partial charge in [-0.25, -0.2) is 0 Å². The monoisotopic (exact) mass is 468 g/mol. The van der Waals surface area contributed by atoms with Crippen LogP contribution in [-0.4, -0.2) is 64.3 Å². The number of rotatable bonds is 2. The molecule has 2 atom stereocenters. The molecule has 26 heavy (non-hydrogen) atoms. The molecule has 138 valence electrons. The van der Waals surface area contributed by atoms with Gasteiger partial charge in [-0.05, 0) is 31.2 Å². The molecule has 4 rings (SSSR count). The number of nitrogens with one attached hydrogen (secondary N) is 1. The molecule has 8 heteroatoms. The van der Waals surface area contributed by atoms with Crippen molar-refractivity contribution in [2.45, 2.75) is 29.5 Å². The maximum absolute atomic E-state index is 12.9. The highest BCUT2D eigenvalue weighted by Crippen LogP contribution is 2.31. The van der Waals surface area contributed by atoms with Crippen molar-refractivity contribution in [2.24, 2.45) is 0 Å². The molecule has 0 bridgehead atoms. The third-order valence-corrected chi connectivity index (χ3v) is 6.79. The Balaban J connectivity index is 1.54. The second-order valence-corrected chi connectivity index (χ2v) is 8.54. The molecule has 7 nitrogen and oxygen atoms in total. The Morgan fingerprint density at radius 3 is 2.73 bits per heavy atom. The Hall–Kier alpha value is -1.68. The number of likely N-dealkylation sites (N-methyl/N-ethyl adjacent to an activating group) is 1. The molecule has 2 saturated heterocycles. The smallest absolute Gasteiger partial charge is 0.255 e. The average molecular weight is 468 g/mol. The van der Waals surface area contributed by atoms with Gasteiger partial charge in [-0.2, -0.15) is 0 Å². The molecule has 3 heterocycles. The van der Waals surface area contributed by atoms with Crippen molar-refractivity contribution in [1.29, 1.82) is 0 Å². The Morgan fingerprint density at radius 1 is 1.19 bits per heavy atom. The molecule has 1 N–H and O–H groups in total. The standard InChI is InChI=1S/C18H21IN4O3/c1-21-6-7-22(10-15(21)19)12-3-2-11-9-23(18(26)13(11)8-12)14-4-5-16(24)20-17(14)25/h2-3,8,14-15H,4-7,9-10H2,1H3,(H,20,24,25). The lowest BCUT2D eigenvalue weighted by molar-refractivity contribution is -0.136. The number of fused-ring (bicyclic) bond motifs is 1. The van der Waals surface area contributed by atoms with Crippen LogP contribution in [0.3, 0.4) is 0 Å². The summed E-state index contributed by atoms with van der Waals surface area (Å²) in [6.07, 6.45) is 0.673. The van der Waals surface area contributed by atoms with Crippen LogP contribution in [0.15, 0.2) is 18.2 Å². The minimum atomic E-state index is -0.557. The first kappa shape index (κ1) is 17.7. The number of alkyl halides is 1. The molecular formula is C18H21IN4O3. The summed E-state index contributed by atoms with van der Waals surface area (Å²) in [5.74, 6) is -0.743. The van der Waals surface area contributed by atoms with E-state index in [0.717, 1.165) is 30.9 Å². The first-order valence-electron chi connectivity index (χ1n) is 8.81. The van der Waals surface area contributed by atoms with Gasteiger partial charge >= 0.3 is 0 Å². The van der Waals surface area contributed by atoms with Crippen LogP contribution < -0.4 is 10.2 Å². The molecule has 3 amide bonds. The molecule has 3 aliphatic heterocycles. The van der Waals surface area contributed by atoms with Crippen LogP contribution in [0.1, 0.15) is 28.8 Å². The fourth-order valence-electron chi connectivity index (χ4n) is 3.80. The lowest BCUT2D eigenvalue weighted by Gasteiger charge is -2.38. The third kappa shape index (κ3) is 3.09. The van der Waals surface area contributed by atoms with Crippen LogP contribution in [0, 0.1) is 0 Å². The van der Waals surface area contributed by atoms with E-state index in [4.69, 9.17) is 0 Å². The van der Waals surface area contributed by atoms with E-state index in [-0.39, 0.29) is 24.1 Å². The van der Waals surface area contributed by atoms with Crippen molar-refractivity contribution in [3.05, 3.63) is 29.3 Å². The molecule has 0 aromatic heterocycles. The summed E-state index contributed by atoms with van der Waals surface area (Å²) in [4.78, 5) is 42.6. The van der Waals surface area contributed by atoms with Crippen LogP contribution in [0.2, 0.25) is 0 Å². The number of carbonyl (C=O) groups is 3. The van der Waals surface area contributed by atoms with Crippen molar-refractivity contribution in [3.8, 4) is 0 Å². The molecule has 3 aliphatic rings. The maximum atomic E-state index is 12.9. The summed E-state index contributed by atoms with van der Waals surface area (Å²) in [5, 5.41) is 2.34. The lowest BCUT2D eigenvalue weighted by atomic mass is 10.0. The van der Waals surface area contributed by atoms with E-state index in [2.05, 4.69) is 50.8 Å². The van der Waals surface area contributed by atoms with E-state index in [1.807, 2.05) is 12.1 Å². The average Bonchev–Trinajstić information content (AvgIpc) is 2.93. The number of halogens is 1. The number of hydrogen-bond acceptors (Lipinski definition) is 5. The van der Waals surface area contributed by atoms with Gasteiger partial charge in [0.25, 0.3) is 5.91 Å². The number of hydrogen-bond donors (Lipinski definition) is 1. The minimum Gasteiger partial charge on any atom is -0.368 e. The van der Waals surface area contributed by atoms with E-state index in [1.54, 1.807) is 4.90 Å².